The van der Waals surface area contributed by atoms with Crippen molar-refractivity contribution in [2.24, 2.45) is 0 Å². The number of benzene rings is 2. The number of hydrogen-bond acceptors (Lipinski definition) is 7. The van der Waals surface area contributed by atoms with Crippen LogP contribution in [0.1, 0.15) is 55.0 Å². The zero-order valence-corrected chi connectivity index (χ0v) is 21.9. The fourth-order valence-corrected chi connectivity index (χ4v) is 3.59. The molecule has 0 saturated heterocycles. The van der Waals surface area contributed by atoms with Crippen LogP contribution in [-0.4, -0.2) is 31.4 Å². The van der Waals surface area contributed by atoms with Crippen LogP contribution >= 0.6 is 0 Å². The molecule has 1 N–H and O–H groups in total. The monoisotopic (exact) mass is 494 g/mol. The first-order chi connectivity index (χ1) is 17.2. The minimum absolute atomic E-state index is 0.0356. The van der Waals surface area contributed by atoms with Crippen molar-refractivity contribution in [3.8, 4) is 23.0 Å². The summed E-state index contributed by atoms with van der Waals surface area (Å²) in [5.41, 5.74) is 3.42. The van der Waals surface area contributed by atoms with E-state index in [0.717, 1.165) is 28.1 Å². The van der Waals surface area contributed by atoms with E-state index in [2.05, 4.69) is 10.5 Å². The minimum atomic E-state index is -0.223. The van der Waals surface area contributed by atoms with Gasteiger partial charge in [-0.05, 0) is 76.1 Å². The van der Waals surface area contributed by atoms with Crippen LogP contribution in [0.2, 0.25) is 0 Å². The first-order valence-corrected chi connectivity index (χ1v) is 11.8. The Morgan fingerprint density at radius 3 is 2.33 bits per heavy atom. The topological polar surface area (TPSA) is 92.1 Å². The van der Waals surface area contributed by atoms with Gasteiger partial charge in [0, 0.05) is 6.08 Å². The van der Waals surface area contributed by atoms with Gasteiger partial charge in [-0.3, -0.25) is 4.79 Å². The summed E-state index contributed by atoms with van der Waals surface area (Å²) in [7, 11) is 3.17. The zero-order chi connectivity index (χ0) is 26.2. The van der Waals surface area contributed by atoms with Crippen molar-refractivity contribution in [1.82, 2.24) is 10.5 Å². The van der Waals surface area contributed by atoms with Crippen LogP contribution in [-0.2, 0) is 11.4 Å². The number of carbonyl (C=O) groups is 1. The first-order valence-electron chi connectivity index (χ1n) is 11.8. The Hall–Kier alpha value is -3.94. The number of aromatic nitrogens is 1. The number of amides is 1. The Labute approximate surface area is 212 Å². The lowest BCUT2D eigenvalue weighted by Crippen LogP contribution is -2.24. The molecule has 3 aromatic rings. The lowest BCUT2D eigenvalue weighted by Gasteiger charge is -2.17. The summed E-state index contributed by atoms with van der Waals surface area (Å²) in [6, 6.07) is 10.9. The molecule has 0 aliphatic carbocycles. The quantitative estimate of drug-likeness (QED) is 0.349. The predicted molar refractivity (Wildman–Crippen MR) is 138 cm³/mol. The van der Waals surface area contributed by atoms with E-state index in [0.29, 0.717) is 29.6 Å². The highest BCUT2D eigenvalue weighted by molar-refractivity contribution is 5.92. The fraction of sp³-hybridized carbons (Fsp3) is 0.357. The van der Waals surface area contributed by atoms with Crippen molar-refractivity contribution >= 4 is 12.0 Å². The van der Waals surface area contributed by atoms with E-state index in [1.165, 1.54) is 6.08 Å². The van der Waals surface area contributed by atoms with Gasteiger partial charge in [-0.1, -0.05) is 17.3 Å². The maximum absolute atomic E-state index is 12.6. The molecule has 3 rings (SSSR count). The summed E-state index contributed by atoms with van der Waals surface area (Å²) < 4.78 is 27.8. The van der Waals surface area contributed by atoms with E-state index in [1.807, 2.05) is 71.0 Å². The van der Waals surface area contributed by atoms with Crippen LogP contribution in [0.3, 0.4) is 0 Å². The molecule has 0 bridgehead atoms. The third kappa shape index (κ3) is 6.81. The van der Waals surface area contributed by atoms with Gasteiger partial charge < -0.3 is 28.8 Å². The van der Waals surface area contributed by atoms with Crippen molar-refractivity contribution in [2.75, 3.05) is 14.2 Å². The van der Waals surface area contributed by atoms with Gasteiger partial charge in [-0.15, -0.1) is 0 Å². The van der Waals surface area contributed by atoms with Gasteiger partial charge in [0.15, 0.2) is 23.0 Å². The fourth-order valence-electron chi connectivity index (χ4n) is 3.59. The molecule has 2 aromatic carbocycles. The van der Waals surface area contributed by atoms with Crippen LogP contribution < -0.4 is 24.3 Å². The number of carbonyl (C=O) groups excluding carboxylic acids is 1. The van der Waals surface area contributed by atoms with E-state index in [1.54, 1.807) is 20.3 Å². The molecule has 192 valence electrons. The molecule has 0 spiro atoms. The molecule has 1 amide bonds. The number of nitrogens with zero attached hydrogens (tertiary/aromatic N) is 1. The molecule has 0 radical (unpaired) electrons. The molecule has 1 aromatic heterocycles. The summed E-state index contributed by atoms with van der Waals surface area (Å²) in [6.45, 7) is 9.88. The average Bonchev–Trinajstić information content (AvgIpc) is 3.18. The van der Waals surface area contributed by atoms with Crippen LogP contribution in [0.5, 0.6) is 23.0 Å². The van der Waals surface area contributed by atoms with Gasteiger partial charge in [-0.2, -0.15) is 0 Å². The maximum atomic E-state index is 12.6. The van der Waals surface area contributed by atoms with E-state index >= 15 is 0 Å². The third-order valence-corrected chi connectivity index (χ3v) is 5.58. The second kappa shape index (κ2) is 12.2. The van der Waals surface area contributed by atoms with Crippen molar-refractivity contribution < 1.29 is 28.3 Å². The zero-order valence-electron chi connectivity index (χ0n) is 21.9. The number of hydrogen-bond donors (Lipinski definition) is 1. The second-order valence-electron chi connectivity index (χ2n) is 8.64. The van der Waals surface area contributed by atoms with E-state index < -0.39 is 0 Å². The Balaban J connectivity index is 1.63. The SMILES string of the molecule is COc1cc(/C=C/C(=O)NC(C)c2ccc(OC(C)C)c(OC)c2)ccc1OCc1c(C)noc1C. The Morgan fingerprint density at radius 2 is 1.69 bits per heavy atom. The molecule has 8 nitrogen and oxygen atoms in total. The molecule has 0 aliphatic rings. The first kappa shape index (κ1) is 26.7. The average molecular weight is 495 g/mol. The molecule has 1 unspecified atom stereocenters. The summed E-state index contributed by atoms with van der Waals surface area (Å²) in [6.07, 6.45) is 3.25. The van der Waals surface area contributed by atoms with Crippen LogP contribution in [0.15, 0.2) is 47.0 Å². The van der Waals surface area contributed by atoms with E-state index in [4.69, 9.17) is 23.5 Å². The smallest absolute Gasteiger partial charge is 0.244 e. The number of ether oxygens (including phenoxy) is 4. The third-order valence-electron chi connectivity index (χ3n) is 5.58. The highest BCUT2D eigenvalue weighted by Gasteiger charge is 2.14. The summed E-state index contributed by atoms with van der Waals surface area (Å²) in [4.78, 5) is 12.6. The van der Waals surface area contributed by atoms with Gasteiger partial charge >= 0.3 is 0 Å². The molecule has 0 fully saturated rings. The number of methoxy groups -OCH3 is 2. The molecular weight excluding hydrogens is 460 g/mol. The summed E-state index contributed by atoms with van der Waals surface area (Å²) in [5.74, 6) is 2.95. The van der Waals surface area contributed by atoms with Crippen LogP contribution in [0.25, 0.3) is 6.08 Å². The molecule has 36 heavy (non-hydrogen) atoms. The molecular formula is C28H34N2O6. The van der Waals surface area contributed by atoms with Crippen molar-refractivity contribution in [3.63, 3.8) is 0 Å². The van der Waals surface area contributed by atoms with Crippen molar-refractivity contribution in [3.05, 3.63) is 70.6 Å². The number of rotatable bonds is 11. The van der Waals surface area contributed by atoms with Gasteiger partial charge in [-0.25, -0.2) is 0 Å². The van der Waals surface area contributed by atoms with Gasteiger partial charge in [0.05, 0.1) is 37.6 Å². The number of aryl methyl sites for hydroxylation is 2. The normalized spacial score (nSPS) is 12.0. The van der Waals surface area contributed by atoms with Gasteiger partial charge in [0.25, 0.3) is 0 Å². The van der Waals surface area contributed by atoms with Crippen LogP contribution in [0, 0.1) is 13.8 Å². The predicted octanol–water partition coefficient (Wildman–Crippen LogP) is 5.57. The van der Waals surface area contributed by atoms with Crippen LogP contribution in [0.4, 0.5) is 0 Å². The molecule has 1 atom stereocenters. The molecule has 1 heterocycles. The maximum Gasteiger partial charge on any atom is 0.244 e. The highest BCUT2D eigenvalue weighted by atomic mass is 16.5. The lowest BCUT2D eigenvalue weighted by atomic mass is 10.1. The standard InChI is InChI=1S/C28H34N2O6/c1-17(2)35-25-12-10-22(15-27(25)33-7)18(3)29-28(31)13-9-21-8-11-24(26(14-21)32-6)34-16-23-19(4)30-36-20(23)5/h8-15,17-18H,16H2,1-7H3,(H,29,31)/b13-9+. The summed E-state index contributed by atoms with van der Waals surface area (Å²) in [5, 5.41) is 6.91. The highest BCUT2D eigenvalue weighted by Crippen LogP contribution is 2.32. The Morgan fingerprint density at radius 1 is 1.00 bits per heavy atom. The molecule has 0 aliphatic heterocycles. The minimum Gasteiger partial charge on any atom is -0.493 e. The molecule has 0 saturated carbocycles. The number of nitrogens with one attached hydrogen (secondary N) is 1. The van der Waals surface area contributed by atoms with E-state index in [9.17, 15) is 4.79 Å². The summed E-state index contributed by atoms with van der Waals surface area (Å²) >= 11 is 0. The van der Waals surface area contributed by atoms with E-state index in [-0.39, 0.29) is 18.1 Å². The van der Waals surface area contributed by atoms with Gasteiger partial charge in [0.1, 0.15) is 12.4 Å². The van der Waals surface area contributed by atoms with Crippen molar-refractivity contribution in [1.29, 1.82) is 0 Å². The van der Waals surface area contributed by atoms with Gasteiger partial charge in [0.2, 0.25) is 5.91 Å². The Bertz CT molecular complexity index is 1200. The molecule has 8 heteroatoms. The largest absolute Gasteiger partial charge is 0.493 e. The second-order valence-corrected chi connectivity index (χ2v) is 8.64. The lowest BCUT2D eigenvalue weighted by molar-refractivity contribution is -0.117. The van der Waals surface area contributed by atoms with Crippen molar-refractivity contribution in [2.45, 2.75) is 53.4 Å². The Kier molecular flexibility index (Phi) is 9.00.